The number of aliphatic hydroxyl groups is 1. The van der Waals surface area contributed by atoms with Crippen molar-refractivity contribution in [3.05, 3.63) is 11.8 Å². The highest BCUT2D eigenvalue weighted by molar-refractivity contribution is 7.94. The fourth-order valence-electron chi connectivity index (χ4n) is 3.29. The van der Waals surface area contributed by atoms with Crippen LogP contribution in [0.3, 0.4) is 0 Å². The molecule has 1 aliphatic carbocycles. The smallest absolute Gasteiger partial charge is 0.248 e. The van der Waals surface area contributed by atoms with Crippen LogP contribution < -0.4 is 5.32 Å². The summed E-state index contributed by atoms with van der Waals surface area (Å²) < 4.78 is 35.0. The number of hydrogen-bond donors (Lipinski definition) is 2. The Morgan fingerprint density at radius 2 is 2.00 bits per heavy atom. The molecule has 3 rings (SSSR count). The predicted molar refractivity (Wildman–Crippen MR) is 89.7 cm³/mol. The fraction of sp³-hybridized carbons (Fsp3) is 0.750. The Kier molecular flexibility index (Phi) is 4.67. The van der Waals surface area contributed by atoms with E-state index in [-0.39, 0.29) is 11.6 Å². The number of carbonyl (C=O) groups is 1. The molecule has 9 heteroatoms. The topological polar surface area (TPSA) is 119 Å². The first-order valence-corrected chi connectivity index (χ1v) is 10.0. The van der Waals surface area contributed by atoms with Gasteiger partial charge in [0.1, 0.15) is 11.3 Å². The van der Waals surface area contributed by atoms with Gasteiger partial charge in [-0.05, 0) is 46.0 Å². The fourth-order valence-corrected chi connectivity index (χ4v) is 5.91. The van der Waals surface area contributed by atoms with Crippen LogP contribution >= 0.6 is 0 Å². The number of aromatic nitrogens is 1. The third-order valence-corrected chi connectivity index (χ3v) is 8.13. The van der Waals surface area contributed by atoms with Crippen LogP contribution in [0.15, 0.2) is 10.6 Å². The average molecular weight is 372 g/mol. The summed E-state index contributed by atoms with van der Waals surface area (Å²) >= 11 is 0. The van der Waals surface area contributed by atoms with Gasteiger partial charge in [-0.15, -0.1) is 0 Å². The normalized spacial score (nSPS) is 21.6. The number of ether oxygens (including phenoxy) is 1. The standard InChI is InChI=1S/C16H24N2O6S/c1-15(2,20)12-10-13(24-18-12)17-14(19)16(6-3-7-16)25(21,22)11-4-8-23-9-5-11/h10-11,20H,3-9H2,1-2H3,(H,17,19). The van der Waals surface area contributed by atoms with Gasteiger partial charge in [-0.2, -0.15) is 0 Å². The maximum atomic E-state index is 13.1. The molecule has 1 aliphatic heterocycles. The Morgan fingerprint density at radius 3 is 2.48 bits per heavy atom. The molecule has 0 aromatic carbocycles. The molecular weight excluding hydrogens is 348 g/mol. The van der Waals surface area contributed by atoms with E-state index in [1.807, 2.05) is 0 Å². The maximum absolute atomic E-state index is 13.1. The van der Waals surface area contributed by atoms with Crippen molar-refractivity contribution in [3.63, 3.8) is 0 Å². The van der Waals surface area contributed by atoms with Gasteiger partial charge in [-0.25, -0.2) is 8.42 Å². The van der Waals surface area contributed by atoms with E-state index in [1.54, 1.807) is 13.8 Å². The van der Waals surface area contributed by atoms with E-state index >= 15 is 0 Å². The molecule has 8 nitrogen and oxygen atoms in total. The Labute approximate surface area is 146 Å². The summed E-state index contributed by atoms with van der Waals surface area (Å²) in [6, 6.07) is 1.41. The number of rotatable bonds is 5. The second kappa shape index (κ2) is 6.37. The lowest BCUT2D eigenvalue weighted by atomic mass is 9.83. The van der Waals surface area contributed by atoms with Crippen molar-refractivity contribution < 1.29 is 27.6 Å². The van der Waals surface area contributed by atoms with Gasteiger partial charge in [0.15, 0.2) is 14.6 Å². The molecule has 0 atom stereocenters. The Hall–Kier alpha value is -1.45. The molecule has 2 N–H and O–H groups in total. The molecule has 2 fully saturated rings. The number of nitrogens with zero attached hydrogens (tertiary/aromatic N) is 1. The summed E-state index contributed by atoms with van der Waals surface area (Å²) in [5, 5.41) is 15.6. The molecule has 1 saturated carbocycles. The number of nitrogens with one attached hydrogen (secondary N) is 1. The van der Waals surface area contributed by atoms with Crippen LogP contribution in [0.4, 0.5) is 5.88 Å². The summed E-state index contributed by atoms with van der Waals surface area (Å²) in [7, 11) is -3.63. The molecule has 0 unspecified atom stereocenters. The van der Waals surface area contributed by atoms with E-state index in [0.717, 1.165) is 0 Å². The van der Waals surface area contributed by atoms with E-state index in [2.05, 4.69) is 10.5 Å². The summed E-state index contributed by atoms with van der Waals surface area (Å²) in [5.74, 6) is -0.542. The van der Waals surface area contributed by atoms with Crippen LogP contribution in [0, 0.1) is 0 Å². The number of amides is 1. The van der Waals surface area contributed by atoms with E-state index < -0.39 is 31.3 Å². The van der Waals surface area contributed by atoms with Crippen molar-refractivity contribution >= 4 is 21.6 Å². The molecule has 25 heavy (non-hydrogen) atoms. The lowest BCUT2D eigenvalue weighted by Gasteiger charge is -2.42. The first-order chi connectivity index (χ1) is 11.7. The quantitative estimate of drug-likeness (QED) is 0.801. The molecule has 1 saturated heterocycles. The minimum absolute atomic E-state index is 0.0376. The van der Waals surface area contributed by atoms with E-state index in [0.29, 0.717) is 45.3 Å². The van der Waals surface area contributed by atoms with E-state index in [1.165, 1.54) is 6.07 Å². The molecule has 140 valence electrons. The van der Waals surface area contributed by atoms with Crippen molar-refractivity contribution in [2.75, 3.05) is 18.5 Å². The Balaban J connectivity index is 1.80. The van der Waals surface area contributed by atoms with Crippen molar-refractivity contribution in [1.82, 2.24) is 5.16 Å². The van der Waals surface area contributed by atoms with E-state index in [9.17, 15) is 18.3 Å². The SMILES string of the molecule is CC(C)(O)c1cc(NC(=O)C2(S(=O)(=O)C3CCOCC3)CCC2)on1. The van der Waals surface area contributed by atoms with Crippen molar-refractivity contribution in [3.8, 4) is 0 Å². The van der Waals surface area contributed by atoms with Gasteiger partial charge >= 0.3 is 0 Å². The van der Waals surface area contributed by atoms with Crippen LogP contribution in [0.25, 0.3) is 0 Å². The van der Waals surface area contributed by atoms with Crippen LogP contribution in [-0.4, -0.2) is 47.8 Å². The summed E-state index contributed by atoms with van der Waals surface area (Å²) in [5.41, 5.74) is -0.952. The van der Waals surface area contributed by atoms with E-state index in [4.69, 9.17) is 9.26 Å². The second-order valence-corrected chi connectivity index (χ2v) is 9.83. The van der Waals surface area contributed by atoms with Gasteiger partial charge in [-0.1, -0.05) is 5.16 Å². The highest BCUT2D eigenvalue weighted by atomic mass is 32.2. The van der Waals surface area contributed by atoms with Crippen LogP contribution in [0.5, 0.6) is 0 Å². The first kappa shape index (κ1) is 18.3. The highest BCUT2D eigenvalue weighted by Crippen LogP contribution is 2.44. The van der Waals surface area contributed by atoms with Gasteiger partial charge in [0, 0.05) is 19.3 Å². The molecule has 1 aromatic rings. The van der Waals surface area contributed by atoms with Gasteiger partial charge in [0.2, 0.25) is 11.8 Å². The molecule has 0 spiro atoms. The van der Waals surface area contributed by atoms with Gasteiger partial charge in [-0.3, -0.25) is 10.1 Å². The maximum Gasteiger partial charge on any atom is 0.248 e. The molecule has 2 heterocycles. The van der Waals surface area contributed by atoms with Crippen LogP contribution in [0.1, 0.15) is 51.6 Å². The Morgan fingerprint density at radius 1 is 1.36 bits per heavy atom. The predicted octanol–water partition coefficient (Wildman–Crippen LogP) is 1.36. The zero-order valence-electron chi connectivity index (χ0n) is 14.4. The first-order valence-electron chi connectivity index (χ1n) is 8.49. The van der Waals surface area contributed by atoms with Crippen LogP contribution in [-0.2, 0) is 25.0 Å². The second-order valence-electron chi connectivity index (χ2n) is 7.29. The van der Waals surface area contributed by atoms with Gasteiger partial charge < -0.3 is 14.4 Å². The number of carbonyl (C=O) groups excluding carboxylic acids is 1. The molecule has 1 aromatic heterocycles. The Bertz CT molecular complexity index is 739. The largest absolute Gasteiger partial charge is 0.384 e. The number of anilines is 1. The lowest BCUT2D eigenvalue weighted by molar-refractivity contribution is -0.120. The molecular formula is C16H24N2O6S. The average Bonchev–Trinajstić information content (AvgIpc) is 2.95. The number of hydrogen-bond acceptors (Lipinski definition) is 7. The summed E-state index contributed by atoms with van der Waals surface area (Å²) in [6.07, 6.45) is 2.16. The zero-order chi connectivity index (χ0) is 18.3. The van der Waals surface area contributed by atoms with Crippen molar-refractivity contribution in [2.45, 2.75) is 61.5 Å². The minimum Gasteiger partial charge on any atom is -0.384 e. The number of sulfone groups is 1. The van der Waals surface area contributed by atoms with Crippen molar-refractivity contribution in [1.29, 1.82) is 0 Å². The monoisotopic (exact) mass is 372 g/mol. The third-order valence-electron chi connectivity index (χ3n) is 5.10. The zero-order valence-corrected chi connectivity index (χ0v) is 15.3. The van der Waals surface area contributed by atoms with Gasteiger partial charge in [0.05, 0.1) is 5.25 Å². The molecule has 1 amide bonds. The lowest BCUT2D eigenvalue weighted by Crippen LogP contribution is -2.58. The highest BCUT2D eigenvalue weighted by Gasteiger charge is 2.57. The minimum atomic E-state index is -3.63. The summed E-state index contributed by atoms with van der Waals surface area (Å²) in [4.78, 5) is 12.8. The van der Waals surface area contributed by atoms with Crippen molar-refractivity contribution in [2.24, 2.45) is 0 Å². The van der Waals surface area contributed by atoms with Crippen LogP contribution in [0.2, 0.25) is 0 Å². The summed E-state index contributed by atoms with van der Waals surface area (Å²) in [6.45, 7) is 3.89. The van der Waals surface area contributed by atoms with Gasteiger partial charge in [0.25, 0.3) is 0 Å². The molecule has 2 aliphatic rings. The third kappa shape index (κ3) is 3.20. The molecule has 0 radical (unpaired) electrons. The molecule has 0 bridgehead atoms.